The first-order valence-electron chi connectivity index (χ1n) is 11.0. The molecule has 0 spiro atoms. The number of rotatable bonds is 8. The van der Waals surface area contributed by atoms with Crippen LogP contribution in [0.3, 0.4) is 0 Å². The lowest BCUT2D eigenvalue weighted by atomic mass is 10.0. The van der Waals surface area contributed by atoms with Crippen molar-refractivity contribution in [2.75, 3.05) is 25.0 Å². The average Bonchev–Trinajstić information content (AvgIpc) is 3.25. The zero-order valence-electron chi connectivity index (χ0n) is 18.5. The number of nitrogens with one attached hydrogen (secondary N) is 2. The Bertz CT molecular complexity index is 1060. The lowest BCUT2D eigenvalue weighted by Gasteiger charge is -2.31. The van der Waals surface area contributed by atoms with E-state index in [1.54, 1.807) is 31.2 Å². The molecule has 1 saturated heterocycles. The maximum absolute atomic E-state index is 12.6. The Morgan fingerprint density at radius 3 is 2.48 bits per heavy atom. The summed E-state index contributed by atoms with van der Waals surface area (Å²) in [6, 6.07) is 16.5. The number of aromatic nitrogens is 2. The Kier molecular flexibility index (Phi) is 7.31. The Morgan fingerprint density at radius 1 is 1.09 bits per heavy atom. The molecule has 2 amide bonds. The molecule has 2 heterocycles. The van der Waals surface area contributed by atoms with E-state index in [1.165, 1.54) is 0 Å². The minimum atomic E-state index is -0.115. The molecule has 9 nitrogen and oxygen atoms in total. The van der Waals surface area contributed by atoms with Gasteiger partial charge in [0.15, 0.2) is 6.61 Å². The Balaban J connectivity index is 1.18. The van der Waals surface area contributed by atoms with E-state index in [0.29, 0.717) is 29.6 Å². The van der Waals surface area contributed by atoms with Gasteiger partial charge in [-0.3, -0.25) is 14.5 Å². The van der Waals surface area contributed by atoms with Crippen LogP contribution in [0.25, 0.3) is 0 Å². The summed E-state index contributed by atoms with van der Waals surface area (Å²) >= 11 is 0. The van der Waals surface area contributed by atoms with E-state index in [0.717, 1.165) is 31.6 Å². The van der Waals surface area contributed by atoms with E-state index in [9.17, 15) is 9.59 Å². The van der Waals surface area contributed by atoms with Gasteiger partial charge in [-0.1, -0.05) is 23.4 Å². The van der Waals surface area contributed by atoms with Gasteiger partial charge < -0.3 is 19.9 Å². The Morgan fingerprint density at radius 2 is 1.82 bits per heavy atom. The Labute approximate surface area is 192 Å². The van der Waals surface area contributed by atoms with Crippen molar-refractivity contribution >= 4 is 17.5 Å². The molecule has 1 fully saturated rings. The van der Waals surface area contributed by atoms with Crippen molar-refractivity contribution in [3.63, 3.8) is 0 Å². The highest BCUT2D eigenvalue weighted by Crippen LogP contribution is 2.16. The van der Waals surface area contributed by atoms with E-state index in [2.05, 4.69) is 25.7 Å². The maximum atomic E-state index is 12.6. The van der Waals surface area contributed by atoms with Gasteiger partial charge in [-0.15, -0.1) is 0 Å². The lowest BCUT2D eigenvalue weighted by Crippen LogP contribution is -2.46. The first kappa shape index (κ1) is 22.5. The second kappa shape index (κ2) is 10.7. The average molecular weight is 450 g/mol. The number of anilines is 1. The molecular weight excluding hydrogens is 422 g/mol. The van der Waals surface area contributed by atoms with Gasteiger partial charge in [0.05, 0.1) is 6.54 Å². The molecule has 0 unspecified atom stereocenters. The molecule has 1 aromatic heterocycles. The monoisotopic (exact) mass is 449 g/mol. The van der Waals surface area contributed by atoms with Crippen molar-refractivity contribution in [1.82, 2.24) is 20.4 Å². The van der Waals surface area contributed by atoms with Crippen LogP contribution in [-0.2, 0) is 11.4 Å². The van der Waals surface area contributed by atoms with Crippen LogP contribution in [0.2, 0.25) is 0 Å². The van der Waals surface area contributed by atoms with E-state index in [1.807, 2.05) is 30.3 Å². The van der Waals surface area contributed by atoms with Gasteiger partial charge in [-0.05, 0) is 49.2 Å². The number of carbonyl (C=O) groups is 2. The van der Waals surface area contributed by atoms with Crippen molar-refractivity contribution in [3.8, 4) is 5.75 Å². The number of piperidine rings is 1. The fourth-order valence-corrected chi connectivity index (χ4v) is 3.68. The van der Waals surface area contributed by atoms with Crippen LogP contribution in [0.1, 0.15) is 34.9 Å². The molecule has 33 heavy (non-hydrogen) atoms. The van der Waals surface area contributed by atoms with Crippen molar-refractivity contribution < 1.29 is 18.8 Å². The smallest absolute Gasteiger partial charge is 0.251 e. The molecule has 172 valence electrons. The number of amides is 2. The predicted molar refractivity (Wildman–Crippen MR) is 122 cm³/mol. The summed E-state index contributed by atoms with van der Waals surface area (Å²) in [5, 5.41) is 9.78. The molecule has 0 atom stereocenters. The van der Waals surface area contributed by atoms with Crippen molar-refractivity contribution in [2.45, 2.75) is 32.4 Å². The van der Waals surface area contributed by atoms with Crippen LogP contribution < -0.4 is 15.4 Å². The summed E-state index contributed by atoms with van der Waals surface area (Å²) in [6.45, 7) is 3.78. The van der Waals surface area contributed by atoms with Crippen LogP contribution in [0, 0.1) is 6.92 Å². The van der Waals surface area contributed by atoms with E-state index >= 15 is 0 Å². The van der Waals surface area contributed by atoms with Gasteiger partial charge in [0.2, 0.25) is 17.6 Å². The van der Waals surface area contributed by atoms with E-state index in [4.69, 9.17) is 9.26 Å². The molecule has 2 N–H and O–H groups in total. The number of ether oxygens (including phenoxy) is 1. The highest BCUT2D eigenvalue weighted by Gasteiger charge is 2.22. The SMILES string of the molecule is Cc1nc(COc2ccc(C(=O)NC3CCN(CC(=O)Nc4ccccc4)CC3)cc2)no1. The second-order valence-electron chi connectivity index (χ2n) is 7.98. The van der Waals surface area contributed by atoms with Gasteiger partial charge in [-0.25, -0.2) is 0 Å². The lowest BCUT2D eigenvalue weighted by molar-refractivity contribution is -0.117. The third kappa shape index (κ3) is 6.63. The minimum absolute atomic E-state index is 0.0274. The van der Waals surface area contributed by atoms with Crippen LogP contribution in [0.15, 0.2) is 59.1 Å². The summed E-state index contributed by atoms with van der Waals surface area (Å²) in [6.07, 6.45) is 1.60. The summed E-state index contributed by atoms with van der Waals surface area (Å²) < 4.78 is 10.5. The van der Waals surface area contributed by atoms with E-state index < -0.39 is 0 Å². The summed E-state index contributed by atoms with van der Waals surface area (Å²) in [5.41, 5.74) is 1.37. The van der Waals surface area contributed by atoms with Crippen molar-refractivity contribution in [2.24, 2.45) is 0 Å². The molecule has 0 saturated carbocycles. The molecule has 9 heteroatoms. The summed E-state index contributed by atoms with van der Waals surface area (Å²) in [4.78, 5) is 31.0. The molecule has 3 aromatic rings. The topological polar surface area (TPSA) is 110 Å². The number of aryl methyl sites for hydroxylation is 1. The number of nitrogens with zero attached hydrogens (tertiary/aromatic N) is 3. The third-order valence-corrected chi connectivity index (χ3v) is 5.40. The van der Waals surface area contributed by atoms with Crippen LogP contribution in [0.4, 0.5) is 5.69 Å². The minimum Gasteiger partial charge on any atom is -0.485 e. The number of benzene rings is 2. The van der Waals surface area contributed by atoms with Crippen LogP contribution in [0.5, 0.6) is 5.75 Å². The Hall–Kier alpha value is -3.72. The number of hydrogen-bond acceptors (Lipinski definition) is 7. The molecule has 4 rings (SSSR count). The summed E-state index contributed by atoms with van der Waals surface area (Å²) in [7, 11) is 0. The highest BCUT2D eigenvalue weighted by atomic mass is 16.5. The predicted octanol–water partition coefficient (Wildman–Crippen LogP) is 2.79. The quantitative estimate of drug-likeness (QED) is 0.544. The normalized spacial score (nSPS) is 14.6. The first-order chi connectivity index (χ1) is 16.0. The molecule has 0 aliphatic carbocycles. The standard InChI is InChI=1S/C24H27N5O4/c1-17-25-22(28-33-17)16-32-21-9-7-18(8-10-21)24(31)27-20-11-13-29(14-12-20)15-23(30)26-19-5-3-2-4-6-19/h2-10,20H,11-16H2,1H3,(H,26,30)(H,27,31). The van der Waals surface area contributed by atoms with E-state index in [-0.39, 0.29) is 24.5 Å². The second-order valence-corrected chi connectivity index (χ2v) is 7.98. The number of likely N-dealkylation sites (tertiary alicyclic amines) is 1. The van der Waals surface area contributed by atoms with Crippen LogP contribution >= 0.6 is 0 Å². The first-order valence-corrected chi connectivity index (χ1v) is 11.0. The molecule has 0 radical (unpaired) electrons. The van der Waals surface area contributed by atoms with Gasteiger partial charge in [0.1, 0.15) is 5.75 Å². The fourth-order valence-electron chi connectivity index (χ4n) is 3.68. The highest BCUT2D eigenvalue weighted by molar-refractivity contribution is 5.94. The third-order valence-electron chi connectivity index (χ3n) is 5.40. The van der Waals surface area contributed by atoms with Crippen molar-refractivity contribution in [1.29, 1.82) is 0 Å². The number of hydrogen-bond donors (Lipinski definition) is 2. The van der Waals surface area contributed by atoms with Crippen LogP contribution in [-0.4, -0.2) is 52.5 Å². The molecule has 1 aliphatic rings. The summed E-state index contributed by atoms with van der Waals surface area (Å²) in [5.74, 6) is 1.44. The number of carbonyl (C=O) groups excluding carboxylic acids is 2. The molecule has 1 aliphatic heterocycles. The molecule has 0 bridgehead atoms. The zero-order valence-corrected chi connectivity index (χ0v) is 18.5. The maximum Gasteiger partial charge on any atom is 0.251 e. The fraction of sp³-hybridized carbons (Fsp3) is 0.333. The number of para-hydroxylation sites is 1. The van der Waals surface area contributed by atoms with Gasteiger partial charge in [0, 0.05) is 37.3 Å². The largest absolute Gasteiger partial charge is 0.485 e. The zero-order chi connectivity index (χ0) is 23.0. The van der Waals surface area contributed by atoms with Gasteiger partial charge in [0.25, 0.3) is 5.91 Å². The van der Waals surface area contributed by atoms with Gasteiger partial charge in [-0.2, -0.15) is 4.98 Å². The molecular formula is C24H27N5O4. The van der Waals surface area contributed by atoms with Gasteiger partial charge >= 0.3 is 0 Å². The molecule has 2 aromatic carbocycles. The van der Waals surface area contributed by atoms with Crippen molar-refractivity contribution in [3.05, 3.63) is 71.9 Å².